The zero-order chi connectivity index (χ0) is 19.5. The number of esters is 1. The Balaban J connectivity index is 4.38. The van der Waals surface area contributed by atoms with Crippen LogP contribution in [-0.4, -0.2) is 74.1 Å². The molecule has 0 saturated carbocycles. The van der Waals surface area contributed by atoms with Crippen molar-refractivity contribution < 1.29 is 37.6 Å². The highest BCUT2D eigenvalue weighted by Crippen LogP contribution is 2.43. The SMILES string of the molecule is CCCCC(CC)C(=O)O[C@H](CO)COP(=O)(O)OCC[N+](C)(C)C. The number of hydrogen-bond donors (Lipinski definition) is 2. The molecule has 0 aromatic heterocycles. The fourth-order valence-corrected chi connectivity index (χ4v) is 2.71. The van der Waals surface area contributed by atoms with E-state index >= 15 is 0 Å². The van der Waals surface area contributed by atoms with Crippen LogP contribution in [0.25, 0.3) is 0 Å². The lowest BCUT2D eigenvalue weighted by Crippen LogP contribution is -2.37. The Kier molecular flexibility index (Phi) is 11.8. The van der Waals surface area contributed by atoms with Crippen molar-refractivity contribution in [2.24, 2.45) is 5.92 Å². The Morgan fingerprint density at radius 2 is 1.84 bits per heavy atom. The average molecular weight is 384 g/mol. The lowest BCUT2D eigenvalue weighted by Gasteiger charge is -2.24. The summed E-state index contributed by atoms with van der Waals surface area (Å²) < 4.78 is 27.3. The molecule has 0 aromatic carbocycles. The Bertz CT molecular complexity index is 425. The first-order valence-corrected chi connectivity index (χ1v) is 10.3. The zero-order valence-electron chi connectivity index (χ0n) is 16.1. The van der Waals surface area contributed by atoms with Crippen LogP contribution in [0, 0.1) is 5.92 Å². The molecule has 150 valence electrons. The molecule has 0 aliphatic rings. The van der Waals surface area contributed by atoms with Crippen LogP contribution in [-0.2, 0) is 23.1 Å². The number of ether oxygens (including phenoxy) is 1. The molecule has 0 rings (SSSR count). The Morgan fingerprint density at radius 1 is 1.20 bits per heavy atom. The van der Waals surface area contributed by atoms with Crippen molar-refractivity contribution >= 4 is 13.8 Å². The van der Waals surface area contributed by atoms with Crippen LogP contribution in [0.1, 0.15) is 39.5 Å². The third-order valence-corrected chi connectivity index (χ3v) is 4.64. The minimum Gasteiger partial charge on any atom is -0.457 e. The van der Waals surface area contributed by atoms with E-state index in [1.54, 1.807) is 0 Å². The van der Waals surface area contributed by atoms with Gasteiger partial charge in [-0.05, 0) is 12.8 Å². The standard InChI is InChI=1S/C16H34NO7P/c1-6-8-9-14(7-2)16(19)24-15(12-18)13-23-25(20,21)22-11-10-17(3,4)5/h14-15,18H,6-13H2,1-5H3/p+1/t14?,15-/m1/s1. The van der Waals surface area contributed by atoms with E-state index in [1.165, 1.54) is 0 Å². The monoisotopic (exact) mass is 384 g/mol. The predicted molar refractivity (Wildman–Crippen MR) is 94.9 cm³/mol. The lowest BCUT2D eigenvalue weighted by molar-refractivity contribution is -0.870. The molecule has 0 fully saturated rings. The third kappa shape index (κ3) is 12.5. The van der Waals surface area contributed by atoms with E-state index in [1.807, 2.05) is 35.0 Å². The lowest BCUT2D eigenvalue weighted by atomic mass is 10.00. The zero-order valence-corrected chi connectivity index (χ0v) is 17.0. The smallest absolute Gasteiger partial charge is 0.457 e. The molecule has 0 heterocycles. The van der Waals surface area contributed by atoms with Gasteiger partial charge in [-0.1, -0.05) is 26.7 Å². The highest BCUT2D eigenvalue weighted by atomic mass is 31.2. The van der Waals surface area contributed by atoms with Gasteiger partial charge >= 0.3 is 13.8 Å². The Hall–Kier alpha value is -0.500. The maximum atomic E-state index is 12.1. The van der Waals surface area contributed by atoms with Gasteiger partial charge < -0.3 is 19.2 Å². The first-order chi connectivity index (χ1) is 11.5. The summed E-state index contributed by atoms with van der Waals surface area (Å²) in [5.74, 6) is -0.659. The number of phosphoric acid groups is 1. The minimum absolute atomic E-state index is 0.0514. The molecule has 0 aliphatic heterocycles. The molecule has 8 nitrogen and oxygen atoms in total. The summed E-state index contributed by atoms with van der Waals surface area (Å²) in [5.41, 5.74) is 0. The number of nitrogens with zero attached hydrogens (tertiary/aromatic N) is 1. The largest absolute Gasteiger partial charge is 0.472 e. The van der Waals surface area contributed by atoms with Crippen molar-refractivity contribution in [3.8, 4) is 0 Å². The number of carbonyl (C=O) groups excluding carboxylic acids is 1. The van der Waals surface area contributed by atoms with Gasteiger partial charge in [-0.25, -0.2) is 4.57 Å². The van der Waals surface area contributed by atoms with E-state index in [4.69, 9.17) is 13.8 Å². The van der Waals surface area contributed by atoms with Gasteiger partial charge in [0.05, 0.1) is 40.3 Å². The van der Waals surface area contributed by atoms with Crippen molar-refractivity contribution in [2.75, 3.05) is 47.5 Å². The summed E-state index contributed by atoms with van der Waals surface area (Å²) in [4.78, 5) is 21.7. The predicted octanol–water partition coefficient (Wildman–Crippen LogP) is 1.95. The van der Waals surface area contributed by atoms with Crippen LogP contribution >= 0.6 is 7.82 Å². The van der Waals surface area contributed by atoms with E-state index in [-0.39, 0.29) is 12.5 Å². The number of aliphatic hydroxyl groups is 1. The Morgan fingerprint density at radius 3 is 2.32 bits per heavy atom. The molecular weight excluding hydrogens is 349 g/mol. The Labute approximate surface area is 151 Å². The van der Waals surface area contributed by atoms with Gasteiger partial charge in [-0.15, -0.1) is 0 Å². The molecule has 0 bridgehead atoms. The van der Waals surface area contributed by atoms with Crippen LogP contribution in [0.4, 0.5) is 0 Å². The van der Waals surface area contributed by atoms with E-state index in [9.17, 15) is 19.4 Å². The van der Waals surface area contributed by atoms with Crippen molar-refractivity contribution in [2.45, 2.75) is 45.6 Å². The molecule has 0 aromatic rings. The number of carbonyl (C=O) groups is 1. The molecule has 9 heteroatoms. The van der Waals surface area contributed by atoms with Crippen LogP contribution in [0.5, 0.6) is 0 Å². The van der Waals surface area contributed by atoms with Gasteiger partial charge in [0.1, 0.15) is 19.3 Å². The highest BCUT2D eigenvalue weighted by molar-refractivity contribution is 7.47. The number of unbranched alkanes of at least 4 members (excludes halogenated alkanes) is 1. The third-order valence-electron chi connectivity index (χ3n) is 3.66. The summed E-state index contributed by atoms with van der Waals surface area (Å²) >= 11 is 0. The quantitative estimate of drug-likeness (QED) is 0.268. The van der Waals surface area contributed by atoms with Gasteiger partial charge in [0.15, 0.2) is 0 Å². The fraction of sp³-hybridized carbons (Fsp3) is 0.938. The summed E-state index contributed by atoms with van der Waals surface area (Å²) in [6.07, 6.45) is 2.27. The van der Waals surface area contributed by atoms with Gasteiger partial charge in [0.25, 0.3) is 0 Å². The molecule has 0 aliphatic carbocycles. The van der Waals surface area contributed by atoms with Crippen molar-refractivity contribution in [1.29, 1.82) is 0 Å². The number of rotatable bonds is 14. The summed E-state index contributed by atoms with van der Waals surface area (Å²) in [6.45, 7) is 3.63. The average Bonchev–Trinajstić information content (AvgIpc) is 2.50. The van der Waals surface area contributed by atoms with E-state index in [0.717, 1.165) is 19.3 Å². The van der Waals surface area contributed by atoms with Gasteiger partial charge in [-0.2, -0.15) is 0 Å². The second-order valence-corrected chi connectivity index (χ2v) is 8.55. The molecular formula is C16H35NO7P+. The van der Waals surface area contributed by atoms with Crippen LogP contribution in [0.15, 0.2) is 0 Å². The molecule has 0 amide bonds. The summed E-state index contributed by atoms with van der Waals surface area (Å²) in [6, 6.07) is 0. The molecule has 3 atom stereocenters. The second-order valence-electron chi connectivity index (χ2n) is 7.10. The molecule has 2 unspecified atom stereocenters. The normalized spacial score (nSPS) is 16.9. The molecule has 0 spiro atoms. The minimum atomic E-state index is -4.25. The van der Waals surface area contributed by atoms with Crippen LogP contribution in [0.3, 0.4) is 0 Å². The molecule has 0 saturated heterocycles. The topological polar surface area (TPSA) is 102 Å². The summed E-state index contributed by atoms with van der Waals surface area (Å²) in [7, 11) is 1.53. The second kappa shape index (κ2) is 12.0. The number of likely N-dealkylation sites (N-methyl/N-ethyl adjacent to an activating group) is 1. The number of hydrogen-bond acceptors (Lipinski definition) is 6. The van der Waals surface area contributed by atoms with Gasteiger partial charge in [0.2, 0.25) is 0 Å². The van der Waals surface area contributed by atoms with Crippen molar-refractivity contribution in [3.05, 3.63) is 0 Å². The van der Waals surface area contributed by atoms with E-state index in [0.29, 0.717) is 17.4 Å². The maximum absolute atomic E-state index is 12.1. The van der Waals surface area contributed by atoms with Crippen molar-refractivity contribution in [1.82, 2.24) is 0 Å². The first kappa shape index (κ1) is 24.5. The van der Waals surface area contributed by atoms with Crippen LogP contribution in [0.2, 0.25) is 0 Å². The van der Waals surface area contributed by atoms with Gasteiger partial charge in [0, 0.05) is 0 Å². The van der Waals surface area contributed by atoms with Crippen molar-refractivity contribution in [3.63, 3.8) is 0 Å². The molecule has 2 N–H and O–H groups in total. The highest BCUT2D eigenvalue weighted by Gasteiger charge is 2.27. The number of quaternary nitrogens is 1. The summed E-state index contributed by atoms with van der Waals surface area (Å²) in [5, 5.41) is 9.31. The number of aliphatic hydroxyl groups excluding tert-OH is 1. The fourth-order valence-electron chi connectivity index (χ4n) is 1.97. The number of phosphoric ester groups is 1. The molecule has 25 heavy (non-hydrogen) atoms. The van der Waals surface area contributed by atoms with E-state index < -0.39 is 33.1 Å². The van der Waals surface area contributed by atoms with E-state index in [2.05, 4.69) is 0 Å². The first-order valence-electron chi connectivity index (χ1n) is 8.78. The molecule has 0 radical (unpaired) electrons. The van der Waals surface area contributed by atoms with Crippen LogP contribution < -0.4 is 0 Å². The van der Waals surface area contributed by atoms with Gasteiger partial charge in [-0.3, -0.25) is 13.8 Å². The maximum Gasteiger partial charge on any atom is 0.472 e.